The van der Waals surface area contributed by atoms with Gasteiger partial charge < -0.3 is 15.4 Å². The van der Waals surface area contributed by atoms with Gasteiger partial charge in [0, 0.05) is 17.5 Å². The number of aromatic nitrogens is 2. The monoisotopic (exact) mass is 366 g/mol. The molecule has 1 aliphatic rings. The number of para-hydroxylation sites is 1. The standard InChI is InChI=1S/C20H22N4OS/c1-14-11-18(25-16-5-3-2-4-6-16)19(22-12-14)24-20-23-17(13-26-20)15-7-9-21-10-8-15/h2-6,11-13,15,21H,7-10H2,1H3,(H,22,23,24). The summed E-state index contributed by atoms with van der Waals surface area (Å²) in [6.45, 7) is 4.15. The smallest absolute Gasteiger partial charge is 0.188 e. The maximum atomic E-state index is 6.03. The Morgan fingerprint density at radius 1 is 1.19 bits per heavy atom. The van der Waals surface area contributed by atoms with Crippen LogP contribution in [0.25, 0.3) is 0 Å². The number of ether oxygens (including phenoxy) is 1. The average molecular weight is 366 g/mol. The molecule has 1 aliphatic heterocycles. The van der Waals surface area contributed by atoms with Crippen molar-refractivity contribution in [1.82, 2.24) is 15.3 Å². The topological polar surface area (TPSA) is 59.1 Å². The number of hydrogen-bond donors (Lipinski definition) is 2. The van der Waals surface area contributed by atoms with E-state index in [1.807, 2.05) is 49.5 Å². The normalized spacial score (nSPS) is 15.0. The van der Waals surface area contributed by atoms with E-state index in [0.29, 0.717) is 17.5 Å². The van der Waals surface area contributed by atoms with Gasteiger partial charge in [0.2, 0.25) is 0 Å². The summed E-state index contributed by atoms with van der Waals surface area (Å²) in [5.41, 5.74) is 2.23. The van der Waals surface area contributed by atoms with Gasteiger partial charge in [-0.1, -0.05) is 18.2 Å². The minimum atomic E-state index is 0.550. The second kappa shape index (κ2) is 7.85. The van der Waals surface area contributed by atoms with Crippen LogP contribution < -0.4 is 15.4 Å². The fraction of sp³-hybridized carbons (Fsp3) is 0.300. The second-order valence-corrected chi connectivity index (χ2v) is 7.36. The van der Waals surface area contributed by atoms with E-state index >= 15 is 0 Å². The Morgan fingerprint density at radius 2 is 2.00 bits per heavy atom. The number of thiazole rings is 1. The van der Waals surface area contributed by atoms with E-state index in [9.17, 15) is 0 Å². The predicted octanol–water partition coefficient (Wildman–Crippen LogP) is 4.85. The molecule has 26 heavy (non-hydrogen) atoms. The van der Waals surface area contributed by atoms with E-state index in [1.54, 1.807) is 11.3 Å². The van der Waals surface area contributed by atoms with Crippen LogP contribution in [0.15, 0.2) is 48.0 Å². The highest BCUT2D eigenvalue weighted by Gasteiger charge is 2.18. The summed E-state index contributed by atoms with van der Waals surface area (Å²) in [5, 5.41) is 9.75. The first kappa shape index (κ1) is 17.0. The van der Waals surface area contributed by atoms with Crippen LogP contribution in [0, 0.1) is 6.92 Å². The first-order valence-electron chi connectivity index (χ1n) is 8.90. The molecule has 0 bridgehead atoms. The molecule has 0 spiro atoms. The molecule has 0 atom stereocenters. The Kier molecular flexibility index (Phi) is 5.13. The second-order valence-electron chi connectivity index (χ2n) is 6.50. The van der Waals surface area contributed by atoms with E-state index < -0.39 is 0 Å². The van der Waals surface area contributed by atoms with Crippen LogP contribution in [0.5, 0.6) is 11.5 Å². The van der Waals surface area contributed by atoms with E-state index in [-0.39, 0.29) is 0 Å². The van der Waals surface area contributed by atoms with Gasteiger partial charge in [-0.3, -0.25) is 0 Å². The third-order valence-corrected chi connectivity index (χ3v) is 5.24. The highest BCUT2D eigenvalue weighted by molar-refractivity contribution is 7.13. The van der Waals surface area contributed by atoms with Crippen LogP contribution in [0.2, 0.25) is 0 Å². The lowest BCUT2D eigenvalue weighted by Gasteiger charge is -2.20. The van der Waals surface area contributed by atoms with Crippen molar-refractivity contribution in [1.29, 1.82) is 0 Å². The number of anilines is 2. The van der Waals surface area contributed by atoms with E-state index in [0.717, 1.165) is 42.4 Å². The number of benzene rings is 1. The number of pyridine rings is 1. The van der Waals surface area contributed by atoms with Crippen LogP contribution in [0.1, 0.15) is 30.0 Å². The number of rotatable bonds is 5. The lowest BCUT2D eigenvalue weighted by atomic mass is 9.96. The molecule has 1 fully saturated rings. The maximum absolute atomic E-state index is 6.03. The summed E-state index contributed by atoms with van der Waals surface area (Å²) in [6, 6.07) is 11.7. The van der Waals surface area contributed by atoms with Crippen LogP contribution >= 0.6 is 11.3 Å². The highest BCUT2D eigenvalue weighted by Crippen LogP contribution is 2.33. The zero-order chi connectivity index (χ0) is 17.8. The van der Waals surface area contributed by atoms with Crippen molar-refractivity contribution in [2.24, 2.45) is 0 Å². The molecule has 6 heteroatoms. The van der Waals surface area contributed by atoms with Crippen molar-refractivity contribution in [2.75, 3.05) is 18.4 Å². The molecular formula is C20H22N4OS. The Morgan fingerprint density at radius 3 is 2.81 bits per heavy atom. The van der Waals surface area contributed by atoms with Crippen LogP contribution in [-0.2, 0) is 0 Å². The van der Waals surface area contributed by atoms with Gasteiger partial charge in [-0.25, -0.2) is 9.97 Å². The van der Waals surface area contributed by atoms with Gasteiger partial charge in [0.15, 0.2) is 16.7 Å². The van der Waals surface area contributed by atoms with Gasteiger partial charge >= 0.3 is 0 Å². The van der Waals surface area contributed by atoms with Crippen LogP contribution in [-0.4, -0.2) is 23.1 Å². The SMILES string of the molecule is Cc1cnc(Nc2nc(C3CCNCC3)cs2)c(Oc2ccccc2)c1. The molecule has 0 saturated carbocycles. The van der Waals surface area contributed by atoms with Gasteiger partial charge in [-0.05, 0) is 56.6 Å². The van der Waals surface area contributed by atoms with Gasteiger partial charge in [0.05, 0.1) is 5.69 Å². The van der Waals surface area contributed by atoms with Crippen molar-refractivity contribution in [3.05, 3.63) is 59.2 Å². The van der Waals surface area contributed by atoms with E-state index in [1.165, 1.54) is 5.69 Å². The molecule has 3 aromatic rings. The van der Waals surface area contributed by atoms with Crippen molar-refractivity contribution in [2.45, 2.75) is 25.7 Å². The molecule has 2 aromatic heterocycles. The van der Waals surface area contributed by atoms with Crippen molar-refractivity contribution in [3.8, 4) is 11.5 Å². The summed E-state index contributed by atoms with van der Waals surface area (Å²) in [7, 11) is 0. The summed E-state index contributed by atoms with van der Waals surface area (Å²) in [4.78, 5) is 9.30. The summed E-state index contributed by atoms with van der Waals surface area (Å²) < 4.78 is 6.03. The van der Waals surface area contributed by atoms with Crippen molar-refractivity contribution >= 4 is 22.3 Å². The van der Waals surface area contributed by atoms with Crippen LogP contribution in [0.3, 0.4) is 0 Å². The summed E-state index contributed by atoms with van der Waals surface area (Å²) in [5.74, 6) is 2.73. The summed E-state index contributed by atoms with van der Waals surface area (Å²) >= 11 is 1.62. The van der Waals surface area contributed by atoms with Gasteiger partial charge in [-0.2, -0.15) is 0 Å². The Labute approximate surface area is 157 Å². The minimum absolute atomic E-state index is 0.550. The number of nitrogens with one attached hydrogen (secondary N) is 2. The molecule has 134 valence electrons. The quantitative estimate of drug-likeness (QED) is 0.676. The zero-order valence-corrected chi connectivity index (χ0v) is 15.6. The average Bonchev–Trinajstić information content (AvgIpc) is 3.14. The van der Waals surface area contributed by atoms with Gasteiger partial charge in [0.25, 0.3) is 0 Å². The van der Waals surface area contributed by atoms with Gasteiger partial charge in [0.1, 0.15) is 5.75 Å². The Hall–Kier alpha value is -2.44. The molecule has 4 rings (SSSR count). The molecule has 5 nitrogen and oxygen atoms in total. The molecule has 0 radical (unpaired) electrons. The number of hydrogen-bond acceptors (Lipinski definition) is 6. The molecule has 1 saturated heterocycles. The van der Waals surface area contributed by atoms with Crippen molar-refractivity contribution < 1.29 is 4.74 Å². The molecule has 1 aromatic carbocycles. The fourth-order valence-electron chi connectivity index (χ4n) is 3.08. The third kappa shape index (κ3) is 4.03. The molecule has 0 unspecified atom stereocenters. The summed E-state index contributed by atoms with van der Waals surface area (Å²) in [6.07, 6.45) is 4.13. The maximum Gasteiger partial charge on any atom is 0.188 e. The lowest BCUT2D eigenvalue weighted by molar-refractivity contribution is 0.455. The lowest BCUT2D eigenvalue weighted by Crippen LogP contribution is -2.26. The molecule has 0 amide bonds. The first-order chi connectivity index (χ1) is 12.8. The van der Waals surface area contributed by atoms with Crippen LogP contribution in [0.4, 0.5) is 10.9 Å². The molecule has 3 heterocycles. The van der Waals surface area contributed by atoms with E-state index in [2.05, 4.69) is 21.0 Å². The highest BCUT2D eigenvalue weighted by atomic mass is 32.1. The Balaban J connectivity index is 1.53. The number of aryl methyl sites for hydroxylation is 1. The minimum Gasteiger partial charge on any atom is -0.453 e. The zero-order valence-electron chi connectivity index (χ0n) is 14.7. The largest absolute Gasteiger partial charge is 0.453 e. The van der Waals surface area contributed by atoms with Crippen molar-refractivity contribution in [3.63, 3.8) is 0 Å². The molecular weight excluding hydrogens is 344 g/mol. The third-order valence-electron chi connectivity index (χ3n) is 4.47. The molecule has 0 aliphatic carbocycles. The molecule has 2 N–H and O–H groups in total. The Bertz CT molecular complexity index is 859. The number of nitrogens with zero attached hydrogens (tertiary/aromatic N) is 2. The van der Waals surface area contributed by atoms with E-state index in [4.69, 9.17) is 9.72 Å². The number of piperidine rings is 1. The van der Waals surface area contributed by atoms with Gasteiger partial charge in [-0.15, -0.1) is 11.3 Å². The fourth-order valence-corrected chi connectivity index (χ4v) is 3.87. The predicted molar refractivity (Wildman–Crippen MR) is 106 cm³/mol. The first-order valence-corrected chi connectivity index (χ1v) is 9.78.